The molecule has 0 aliphatic carbocycles. The fraction of sp³-hybridized carbons (Fsp3) is 0.462. The maximum Gasteiger partial charge on any atom is 0.261 e. The van der Waals surface area contributed by atoms with E-state index in [0.29, 0.717) is 13.2 Å². The lowest BCUT2D eigenvalue weighted by Crippen LogP contribution is -2.25. The first-order chi connectivity index (χ1) is 9.86. The number of methoxy groups -OCH3 is 1. The van der Waals surface area contributed by atoms with E-state index in [9.17, 15) is 13.2 Å². The zero-order chi connectivity index (χ0) is 15.9. The molecule has 0 radical (unpaired) electrons. The highest BCUT2D eigenvalue weighted by molar-refractivity contribution is 8.13. The Balaban J connectivity index is 2.62. The summed E-state index contributed by atoms with van der Waals surface area (Å²) in [5.74, 6) is -0.422. The number of nitrogens with one attached hydrogen (secondary N) is 1. The number of halogens is 2. The van der Waals surface area contributed by atoms with Crippen LogP contribution in [0.15, 0.2) is 23.1 Å². The van der Waals surface area contributed by atoms with Crippen LogP contribution < -0.4 is 5.32 Å². The fourth-order valence-corrected chi connectivity index (χ4v) is 2.66. The van der Waals surface area contributed by atoms with Gasteiger partial charge in [0.15, 0.2) is 0 Å². The number of hydrogen-bond donors (Lipinski definition) is 1. The van der Waals surface area contributed by atoms with Gasteiger partial charge in [-0.2, -0.15) is 0 Å². The fourth-order valence-electron chi connectivity index (χ4n) is 1.68. The van der Waals surface area contributed by atoms with Gasteiger partial charge in [0.05, 0.1) is 15.5 Å². The van der Waals surface area contributed by atoms with Crippen LogP contribution in [0.4, 0.5) is 0 Å². The highest BCUT2D eigenvalue weighted by Gasteiger charge is 2.16. The van der Waals surface area contributed by atoms with Gasteiger partial charge < -0.3 is 10.1 Å². The summed E-state index contributed by atoms with van der Waals surface area (Å²) in [4.78, 5) is 11.8. The largest absolute Gasteiger partial charge is 0.385 e. The van der Waals surface area contributed by atoms with Crippen molar-refractivity contribution in [1.82, 2.24) is 5.32 Å². The predicted octanol–water partition coefficient (Wildman–Crippen LogP) is 2.81. The summed E-state index contributed by atoms with van der Waals surface area (Å²) in [7, 11) is 3.00. The molecule has 1 aromatic rings. The maximum atomic E-state index is 12.0. The van der Waals surface area contributed by atoms with Crippen molar-refractivity contribution in [1.29, 1.82) is 0 Å². The lowest BCUT2D eigenvalue weighted by atomic mass is 10.2. The van der Waals surface area contributed by atoms with Crippen LogP contribution in [-0.2, 0) is 13.8 Å². The summed E-state index contributed by atoms with van der Waals surface area (Å²) in [6.45, 7) is 1.17. The van der Waals surface area contributed by atoms with Crippen molar-refractivity contribution in [2.75, 3.05) is 20.3 Å². The molecule has 1 N–H and O–H groups in total. The minimum absolute atomic E-state index is 0.0929. The van der Waals surface area contributed by atoms with E-state index in [0.717, 1.165) is 19.3 Å². The molecule has 118 valence electrons. The number of amides is 1. The van der Waals surface area contributed by atoms with Gasteiger partial charge in [-0.25, -0.2) is 8.42 Å². The molecule has 0 bridgehead atoms. The standard InChI is InChI=1S/C13H17Cl2NO4S/c1-20-8-4-2-3-7-16-13(17)11-9-10(21(15,18)19)5-6-12(11)14/h5-6,9H,2-4,7-8H2,1H3,(H,16,17). The van der Waals surface area contributed by atoms with E-state index < -0.39 is 15.0 Å². The van der Waals surface area contributed by atoms with Crippen LogP contribution in [-0.4, -0.2) is 34.6 Å². The Morgan fingerprint density at radius 2 is 2.00 bits per heavy atom. The molecule has 5 nitrogen and oxygen atoms in total. The molecule has 0 saturated heterocycles. The maximum absolute atomic E-state index is 12.0. The Kier molecular flexibility index (Phi) is 7.45. The lowest BCUT2D eigenvalue weighted by Gasteiger charge is -2.08. The van der Waals surface area contributed by atoms with Crippen LogP contribution in [0.1, 0.15) is 29.6 Å². The molecule has 0 saturated carbocycles. The molecule has 0 atom stereocenters. The number of ether oxygens (including phenoxy) is 1. The second kappa shape index (κ2) is 8.58. The molecular formula is C13H17Cl2NO4S. The van der Waals surface area contributed by atoms with Crippen LogP contribution in [0.2, 0.25) is 5.02 Å². The summed E-state index contributed by atoms with van der Waals surface area (Å²) in [5.41, 5.74) is 0.0929. The Hall–Kier alpha value is -0.820. The highest BCUT2D eigenvalue weighted by Crippen LogP contribution is 2.22. The number of carbonyl (C=O) groups is 1. The van der Waals surface area contributed by atoms with Gasteiger partial charge in [-0.05, 0) is 37.5 Å². The summed E-state index contributed by atoms with van der Waals surface area (Å²) in [5, 5.41) is 2.87. The van der Waals surface area contributed by atoms with Gasteiger partial charge in [-0.15, -0.1) is 0 Å². The molecule has 0 unspecified atom stereocenters. The monoisotopic (exact) mass is 353 g/mol. The first-order valence-corrected chi connectivity index (χ1v) is 9.06. The van der Waals surface area contributed by atoms with Crippen LogP contribution in [0, 0.1) is 0 Å². The third-order valence-corrected chi connectivity index (χ3v) is 4.46. The van der Waals surface area contributed by atoms with Gasteiger partial charge in [-0.3, -0.25) is 4.79 Å². The summed E-state index contributed by atoms with van der Waals surface area (Å²) in [6.07, 6.45) is 2.66. The van der Waals surface area contributed by atoms with Crippen LogP contribution in [0.25, 0.3) is 0 Å². The van der Waals surface area contributed by atoms with E-state index >= 15 is 0 Å². The van der Waals surface area contributed by atoms with Crippen LogP contribution >= 0.6 is 22.3 Å². The summed E-state index contributed by atoms with van der Waals surface area (Å²) in [6, 6.07) is 3.77. The highest BCUT2D eigenvalue weighted by atomic mass is 35.7. The number of unbranched alkanes of at least 4 members (excludes halogenated alkanes) is 2. The van der Waals surface area contributed by atoms with E-state index in [2.05, 4.69) is 5.32 Å². The van der Waals surface area contributed by atoms with Gasteiger partial charge in [-0.1, -0.05) is 11.6 Å². The van der Waals surface area contributed by atoms with Crippen molar-refractivity contribution in [3.8, 4) is 0 Å². The number of carbonyl (C=O) groups excluding carboxylic acids is 1. The summed E-state index contributed by atoms with van der Waals surface area (Å²) < 4.78 is 27.4. The first kappa shape index (κ1) is 18.2. The van der Waals surface area contributed by atoms with Gasteiger partial charge in [0.2, 0.25) is 0 Å². The predicted molar refractivity (Wildman–Crippen MR) is 82.6 cm³/mol. The Morgan fingerprint density at radius 1 is 1.29 bits per heavy atom. The van der Waals surface area contributed by atoms with Gasteiger partial charge in [0.25, 0.3) is 15.0 Å². The van der Waals surface area contributed by atoms with E-state index in [1.807, 2.05) is 0 Å². The summed E-state index contributed by atoms with van der Waals surface area (Å²) >= 11 is 5.91. The quantitative estimate of drug-likeness (QED) is 0.576. The third-order valence-electron chi connectivity index (χ3n) is 2.77. The molecule has 1 amide bonds. The Bertz CT molecular complexity index is 590. The van der Waals surface area contributed by atoms with E-state index in [1.54, 1.807) is 7.11 Å². The number of benzene rings is 1. The van der Waals surface area contributed by atoms with Crippen molar-refractivity contribution in [2.24, 2.45) is 0 Å². The SMILES string of the molecule is COCCCCCNC(=O)c1cc(S(=O)(=O)Cl)ccc1Cl. The average molecular weight is 354 g/mol. The molecule has 0 fully saturated rings. The van der Waals surface area contributed by atoms with E-state index in [-0.39, 0.29) is 15.5 Å². The minimum atomic E-state index is -3.89. The Morgan fingerprint density at radius 3 is 2.62 bits per heavy atom. The average Bonchev–Trinajstić information content (AvgIpc) is 2.41. The molecular weight excluding hydrogens is 337 g/mol. The Labute approximate surface area is 134 Å². The molecule has 0 spiro atoms. The van der Waals surface area contributed by atoms with Crippen molar-refractivity contribution < 1.29 is 17.9 Å². The molecule has 0 aliphatic heterocycles. The molecule has 1 rings (SSSR count). The molecule has 0 aromatic heterocycles. The third kappa shape index (κ3) is 6.22. The number of rotatable bonds is 8. The van der Waals surface area contributed by atoms with Crippen molar-refractivity contribution in [3.05, 3.63) is 28.8 Å². The van der Waals surface area contributed by atoms with Gasteiger partial charge >= 0.3 is 0 Å². The van der Waals surface area contributed by atoms with Crippen LogP contribution in [0.3, 0.4) is 0 Å². The first-order valence-electron chi connectivity index (χ1n) is 6.37. The normalized spacial score (nSPS) is 11.4. The zero-order valence-electron chi connectivity index (χ0n) is 11.6. The minimum Gasteiger partial charge on any atom is -0.385 e. The second-order valence-corrected chi connectivity index (χ2v) is 7.36. The van der Waals surface area contributed by atoms with Gasteiger partial charge in [0.1, 0.15) is 0 Å². The zero-order valence-corrected chi connectivity index (χ0v) is 13.9. The van der Waals surface area contributed by atoms with E-state index in [4.69, 9.17) is 27.0 Å². The molecule has 0 heterocycles. The molecule has 8 heteroatoms. The van der Waals surface area contributed by atoms with Crippen molar-refractivity contribution in [2.45, 2.75) is 24.2 Å². The molecule has 21 heavy (non-hydrogen) atoms. The van der Waals surface area contributed by atoms with Crippen LogP contribution in [0.5, 0.6) is 0 Å². The topological polar surface area (TPSA) is 72.5 Å². The molecule has 0 aliphatic rings. The smallest absolute Gasteiger partial charge is 0.261 e. The van der Waals surface area contributed by atoms with Crippen molar-refractivity contribution >= 4 is 37.2 Å². The van der Waals surface area contributed by atoms with Gasteiger partial charge in [0, 0.05) is 30.9 Å². The van der Waals surface area contributed by atoms with Crippen molar-refractivity contribution in [3.63, 3.8) is 0 Å². The van der Waals surface area contributed by atoms with E-state index in [1.165, 1.54) is 18.2 Å². The second-order valence-electron chi connectivity index (χ2n) is 4.39. The number of hydrogen-bond acceptors (Lipinski definition) is 4. The lowest BCUT2D eigenvalue weighted by molar-refractivity contribution is 0.0952. The molecule has 1 aromatic carbocycles.